The summed E-state index contributed by atoms with van der Waals surface area (Å²) in [5.74, 6) is -0.153. The molecular weight excluding hydrogens is 382 g/mol. The summed E-state index contributed by atoms with van der Waals surface area (Å²) in [6.07, 6.45) is 1.49. The van der Waals surface area contributed by atoms with Crippen molar-refractivity contribution in [3.8, 4) is 5.75 Å². The topological polar surface area (TPSA) is 97.8 Å². The van der Waals surface area contributed by atoms with E-state index < -0.39 is 5.97 Å². The molecule has 2 heterocycles. The Morgan fingerprint density at radius 2 is 2.21 bits per heavy atom. The number of hydrogen-bond acceptors (Lipinski definition) is 7. The van der Waals surface area contributed by atoms with Crippen LogP contribution in [0.1, 0.15) is 25.5 Å². The first kappa shape index (κ1) is 19.8. The van der Waals surface area contributed by atoms with Gasteiger partial charge in [0.25, 0.3) is 0 Å². The molecule has 8 nitrogen and oxygen atoms in total. The molecule has 9 heteroatoms. The second-order valence-electron chi connectivity index (χ2n) is 6.12. The van der Waals surface area contributed by atoms with Gasteiger partial charge < -0.3 is 14.8 Å². The zero-order valence-electron chi connectivity index (χ0n) is 15.5. The standard InChI is InChI=1S/C19H21N3O5S/c1-2-26-18(25)11-27-15-6-3-5-13(9-15)20-16(23)10-14-12-28-19(21-14)22-8-4-7-17(22)24/h3,5-6,9,12H,2,4,7-8,10-11H2,1H3,(H,20,23). The minimum Gasteiger partial charge on any atom is -0.482 e. The molecule has 0 saturated carbocycles. The number of anilines is 2. The minimum atomic E-state index is -0.451. The SMILES string of the molecule is CCOC(=O)COc1cccc(NC(=O)Cc2csc(N3CCCC3=O)n2)c1. The number of aromatic nitrogens is 1. The summed E-state index contributed by atoms with van der Waals surface area (Å²) in [4.78, 5) is 41.5. The van der Waals surface area contributed by atoms with Crippen LogP contribution in [-0.4, -0.2) is 42.5 Å². The molecule has 1 fully saturated rings. The van der Waals surface area contributed by atoms with E-state index in [-0.39, 0.29) is 24.8 Å². The first-order valence-corrected chi connectivity index (χ1v) is 9.86. The van der Waals surface area contributed by atoms with Crippen molar-refractivity contribution in [1.82, 2.24) is 4.98 Å². The molecule has 1 aromatic carbocycles. The van der Waals surface area contributed by atoms with Gasteiger partial charge in [0.05, 0.1) is 18.7 Å². The highest BCUT2D eigenvalue weighted by molar-refractivity contribution is 7.14. The van der Waals surface area contributed by atoms with Crippen molar-refractivity contribution < 1.29 is 23.9 Å². The van der Waals surface area contributed by atoms with Crippen molar-refractivity contribution in [2.24, 2.45) is 0 Å². The number of carbonyl (C=O) groups excluding carboxylic acids is 3. The summed E-state index contributed by atoms with van der Waals surface area (Å²) < 4.78 is 10.2. The predicted molar refractivity (Wildman–Crippen MR) is 105 cm³/mol. The Balaban J connectivity index is 1.53. The van der Waals surface area contributed by atoms with Gasteiger partial charge in [-0.25, -0.2) is 9.78 Å². The van der Waals surface area contributed by atoms with Crippen LogP contribution in [0.3, 0.4) is 0 Å². The second-order valence-corrected chi connectivity index (χ2v) is 6.95. The fourth-order valence-electron chi connectivity index (χ4n) is 2.73. The number of thiazole rings is 1. The van der Waals surface area contributed by atoms with Crippen LogP contribution in [0.25, 0.3) is 0 Å². The van der Waals surface area contributed by atoms with Crippen LogP contribution in [-0.2, 0) is 25.5 Å². The maximum atomic E-state index is 12.3. The first-order valence-electron chi connectivity index (χ1n) is 8.98. The number of amides is 2. The maximum Gasteiger partial charge on any atom is 0.344 e. The molecular formula is C19H21N3O5S. The highest BCUT2D eigenvalue weighted by Gasteiger charge is 2.24. The van der Waals surface area contributed by atoms with Crippen molar-refractivity contribution in [2.75, 3.05) is 30.0 Å². The van der Waals surface area contributed by atoms with Crippen LogP contribution < -0.4 is 15.0 Å². The molecule has 1 aliphatic heterocycles. The van der Waals surface area contributed by atoms with Gasteiger partial charge in [0.2, 0.25) is 11.8 Å². The molecule has 2 amide bonds. The van der Waals surface area contributed by atoms with Crippen molar-refractivity contribution in [2.45, 2.75) is 26.2 Å². The Morgan fingerprint density at radius 3 is 2.96 bits per heavy atom. The molecule has 28 heavy (non-hydrogen) atoms. The number of ether oxygens (including phenoxy) is 2. The lowest BCUT2D eigenvalue weighted by atomic mass is 10.2. The average Bonchev–Trinajstić information content (AvgIpc) is 3.29. The third kappa shape index (κ3) is 5.29. The van der Waals surface area contributed by atoms with Crippen molar-refractivity contribution in [1.29, 1.82) is 0 Å². The Hall–Kier alpha value is -2.94. The van der Waals surface area contributed by atoms with Crippen LogP contribution in [0.15, 0.2) is 29.6 Å². The Labute approximate surface area is 166 Å². The van der Waals surface area contributed by atoms with Crippen LogP contribution in [0.2, 0.25) is 0 Å². The third-order valence-corrected chi connectivity index (χ3v) is 4.88. The molecule has 0 unspecified atom stereocenters. The zero-order chi connectivity index (χ0) is 19.9. The van der Waals surface area contributed by atoms with Gasteiger partial charge in [-0.3, -0.25) is 14.5 Å². The Kier molecular flexibility index (Phi) is 6.59. The molecule has 3 rings (SSSR count). The van der Waals surface area contributed by atoms with E-state index in [1.165, 1.54) is 11.3 Å². The zero-order valence-corrected chi connectivity index (χ0v) is 16.3. The molecule has 0 spiro atoms. The van der Waals surface area contributed by atoms with Gasteiger partial charge in [-0.1, -0.05) is 6.07 Å². The lowest BCUT2D eigenvalue weighted by molar-refractivity contribution is -0.145. The van der Waals surface area contributed by atoms with Gasteiger partial charge >= 0.3 is 5.97 Å². The Bertz CT molecular complexity index is 867. The van der Waals surface area contributed by atoms with E-state index in [9.17, 15) is 14.4 Å². The molecule has 2 aromatic rings. The summed E-state index contributed by atoms with van der Waals surface area (Å²) in [6.45, 7) is 2.50. The van der Waals surface area contributed by atoms with Crippen LogP contribution >= 0.6 is 11.3 Å². The second kappa shape index (κ2) is 9.32. The fraction of sp³-hybridized carbons (Fsp3) is 0.368. The number of nitrogens with one attached hydrogen (secondary N) is 1. The highest BCUT2D eigenvalue weighted by atomic mass is 32.1. The predicted octanol–water partition coefficient (Wildman–Crippen LogP) is 2.39. The highest BCUT2D eigenvalue weighted by Crippen LogP contribution is 2.25. The van der Waals surface area contributed by atoms with E-state index in [1.807, 2.05) is 0 Å². The number of carbonyl (C=O) groups is 3. The van der Waals surface area contributed by atoms with Crippen LogP contribution in [0.5, 0.6) is 5.75 Å². The normalized spacial score (nSPS) is 13.5. The van der Waals surface area contributed by atoms with Crippen LogP contribution in [0.4, 0.5) is 10.8 Å². The molecule has 148 valence electrons. The minimum absolute atomic E-state index is 0.0741. The lowest BCUT2D eigenvalue weighted by Gasteiger charge is -2.10. The van der Waals surface area contributed by atoms with E-state index in [0.717, 1.165) is 6.42 Å². The number of esters is 1. The van der Waals surface area contributed by atoms with E-state index >= 15 is 0 Å². The fourth-order valence-corrected chi connectivity index (χ4v) is 3.60. The maximum absolute atomic E-state index is 12.3. The lowest BCUT2D eigenvalue weighted by Crippen LogP contribution is -2.23. The quantitative estimate of drug-likeness (QED) is 0.680. The summed E-state index contributed by atoms with van der Waals surface area (Å²) >= 11 is 1.36. The van der Waals surface area contributed by atoms with E-state index in [1.54, 1.807) is 41.5 Å². The van der Waals surface area contributed by atoms with Gasteiger partial charge in [-0.05, 0) is 25.5 Å². The van der Waals surface area contributed by atoms with Gasteiger partial charge in [-0.2, -0.15) is 0 Å². The molecule has 0 bridgehead atoms. The first-order chi connectivity index (χ1) is 13.5. The smallest absolute Gasteiger partial charge is 0.344 e. The molecule has 1 aromatic heterocycles. The summed E-state index contributed by atoms with van der Waals surface area (Å²) in [6, 6.07) is 6.77. The van der Waals surface area contributed by atoms with Crippen molar-refractivity contribution in [3.05, 3.63) is 35.3 Å². The van der Waals surface area contributed by atoms with E-state index in [4.69, 9.17) is 9.47 Å². The molecule has 0 radical (unpaired) electrons. The Morgan fingerprint density at radius 1 is 1.36 bits per heavy atom. The molecule has 0 aliphatic carbocycles. The number of benzene rings is 1. The van der Waals surface area contributed by atoms with Crippen molar-refractivity contribution >= 4 is 39.9 Å². The van der Waals surface area contributed by atoms with Gasteiger partial charge in [-0.15, -0.1) is 11.3 Å². The third-order valence-electron chi connectivity index (χ3n) is 3.97. The van der Waals surface area contributed by atoms with E-state index in [0.29, 0.717) is 41.8 Å². The monoisotopic (exact) mass is 403 g/mol. The van der Waals surface area contributed by atoms with Gasteiger partial charge in [0.15, 0.2) is 11.7 Å². The molecule has 1 saturated heterocycles. The molecule has 1 aliphatic rings. The summed E-state index contributed by atoms with van der Waals surface area (Å²) in [5, 5.41) is 5.21. The molecule has 1 N–H and O–H groups in total. The summed E-state index contributed by atoms with van der Waals surface area (Å²) in [5.41, 5.74) is 1.17. The average molecular weight is 403 g/mol. The van der Waals surface area contributed by atoms with Gasteiger partial charge in [0.1, 0.15) is 5.75 Å². The largest absolute Gasteiger partial charge is 0.482 e. The summed E-state index contributed by atoms with van der Waals surface area (Å²) in [7, 11) is 0. The number of nitrogens with zero attached hydrogens (tertiary/aromatic N) is 2. The van der Waals surface area contributed by atoms with Gasteiger partial charge in [0, 0.05) is 30.1 Å². The molecule has 0 atom stereocenters. The van der Waals surface area contributed by atoms with Crippen LogP contribution in [0, 0.1) is 0 Å². The number of rotatable bonds is 8. The van der Waals surface area contributed by atoms with E-state index in [2.05, 4.69) is 10.3 Å². The number of hydrogen-bond donors (Lipinski definition) is 1. The van der Waals surface area contributed by atoms with Crippen molar-refractivity contribution in [3.63, 3.8) is 0 Å².